The van der Waals surface area contributed by atoms with Gasteiger partial charge in [-0.2, -0.15) is 0 Å². The fourth-order valence-electron chi connectivity index (χ4n) is 1.94. The topological polar surface area (TPSA) is 49.4 Å². The van der Waals surface area contributed by atoms with Gasteiger partial charge in [0.25, 0.3) is 0 Å². The highest BCUT2D eigenvalue weighted by Crippen LogP contribution is 2.17. The molecule has 0 aromatic heterocycles. The minimum atomic E-state index is -0.542. The molecule has 2 aromatic carbocycles. The van der Waals surface area contributed by atoms with Crippen molar-refractivity contribution in [1.82, 2.24) is 4.90 Å². The average molecular weight is 365 g/mol. The Morgan fingerprint density at radius 2 is 1.84 bits per heavy atom. The summed E-state index contributed by atoms with van der Waals surface area (Å²) in [4.78, 5) is 25.1. The maximum atomic E-state index is 13.1. The molecule has 0 unspecified atom stereocenters. The molecule has 0 spiro atoms. The monoisotopic (exact) mass is 364 g/mol. The Morgan fingerprint density at radius 3 is 2.48 bits per heavy atom. The highest BCUT2D eigenvalue weighted by atomic mass is 35.5. The second-order valence-corrected chi connectivity index (χ2v) is 5.66. The molecule has 0 heterocycles. The summed E-state index contributed by atoms with van der Waals surface area (Å²) in [7, 11) is 1.47. The van der Waals surface area contributed by atoms with Crippen LogP contribution in [0.1, 0.15) is 5.56 Å². The van der Waals surface area contributed by atoms with E-state index in [2.05, 4.69) is 5.32 Å². The summed E-state index contributed by atoms with van der Waals surface area (Å²) >= 11 is 5.67. The van der Waals surface area contributed by atoms with Crippen LogP contribution in [0.2, 0.25) is 5.02 Å². The summed E-state index contributed by atoms with van der Waals surface area (Å²) in [5, 5.41) is 2.52. The Hall–Kier alpha value is -2.73. The molecule has 2 amide bonds. The van der Waals surface area contributed by atoms with Gasteiger partial charge < -0.3 is 10.2 Å². The number of rotatable bonds is 5. The highest BCUT2D eigenvalue weighted by molar-refractivity contribution is 6.30. The molecule has 0 saturated heterocycles. The molecule has 2 rings (SSSR count). The number of hydrogen-bond acceptors (Lipinski definition) is 2. The van der Waals surface area contributed by atoms with Gasteiger partial charge in [0.05, 0.1) is 11.6 Å². The highest BCUT2D eigenvalue weighted by Gasteiger charge is 2.11. The van der Waals surface area contributed by atoms with Crippen molar-refractivity contribution >= 4 is 35.2 Å². The molecule has 4 nitrogen and oxygen atoms in total. The molecule has 0 saturated carbocycles. The van der Waals surface area contributed by atoms with Crippen molar-refractivity contribution < 1.29 is 18.4 Å². The second kappa shape index (κ2) is 8.39. The van der Waals surface area contributed by atoms with Crippen LogP contribution in [0.15, 0.2) is 48.5 Å². The lowest BCUT2D eigenvalue weighted by atomic mass is 10.2. The Morgan fingerprint density at radius 1 is 1.16 bits per heavy atom. The lowest BCUT2D eigenvalue weighted by Crippen LogP contribution is -2.33. The molecule has 0 fully saturated rings. The second-order valence-electron chi connectivity index (χ2n) is 5.26. The van der Waals surface area contributed by atoms with E-state index in [1.54, 1.807) is 0 Å². The molecule has 7 heteroatoms. The molecule has 25 heavy (non-hydrogen) atoms. The molecular weight excluding hydrogens is 350 g/mol. The van der Waals surface area contributed by atoms with Gasteiger partial charge in [-0.3, -0.25) is 9.59 Å². The minimum absolute atomic E-state index is 0.0402. The van der Waals surface area contributed by atoms with Gasteiger partial charge in [-0.05, 0) is 48.0 Å². The lowest BCUT2D eigenvalue weighted by Gasteiger charge is -2.14. The molecule has 0 aliphatic heterocycles. The van der Waals surface area contributed by atoms with Crippen LogP contribution in [0, 0.1) is 11.6 Å². The van der Waals surface area contributed by atoms with Crippen molar-refractivity contribution in [2.75, 3.05) is 18.9 Å². The third-order valence-electron chi connectivity index (χ3n) is 3.25. The third kappa shape index (κ3) is 5.69. The van der Waals surface area contributed by atoms with Crippen molar-refractivity contribution in [3.8, 4) is 0 Å². The van der Waals surface area contributed by atoms with Gasteiger partial charge in [0.1, 0.15) is 11.6 Å². The first-order valence-corrected chi connectivity index (χ1v) is 7.66. The minimum Gasteiger partial charge on any atom is -0.333 e. The number of nitrogens with one attached hydrogen (secondary N) is 1. The summed E-state index contributed by atoms with van der Waals surface area (Å²) in [6.07, 6.45) is 2.73. The van der Waals surface area contributed by atoms with Gasteiger partial charge in [0.15, 0.2) is 0 Å². The van der Waals surface area contributed by atoms with Crippen LogP contribution in [0.25, 0.3) is 6.08 Å². The van der Waals surface area contributed by atoms with E-state index in [1.807, 2.05) is 0 Å². The van der Waals surface area contributed by atoms with E-state index < -0.39 is 23.4 Å². The van der Waals surface area contributed by atoms with E-state index in [1.165, 1.54) is 66.6 Å². The van der Waals surface area contributed by atoms with Crippen molar-refractivity contribution in [3.63, 3.8) is 0 Å². The van der Waals surface area contributed by atoms with Crippen molar-refractivity contribution in [2.45, 2.75) is 0 Å². The van der Waals surface area contributed by atoms with Crippen molar-refractivity contribution in [1.29, 1.82) is 0 Å². The van der Waals surface area contributed by atoms with Crippen LogP contribution in [-0.2, 0) is 9.59 Å². The van der Waals surface area contributed by atoms with Gasteiger partial charge >= 0.3 is 0 Å². The number of halogens is 3. The number of anilines is 1. The standard InChI is InChI=1S/C18H15ClF2N2O2/c1-23(11-17(24)22-14-6-4-13(20)5-7-14)18(25)9-3-12-2-8-16(21)15(19)10-12/h2-10H,11H2,1H3,(H,22,24)/b9-3+. The molecule has 130 valence electrons. The van der Waals surface area contributed by atoms with Gasteiger partial charge in [0.2, 0.25) is 11.8 Å². The summed E-state index contributed by atoms with van der Waals surface area (Å²) in [5.41, 5.74) is 0.993. The van der Waals surface area contributed by atoms with Crippen LogP contribution in [-0.4, -0.2) is 30.3 Å². The van der Waals surface area contributed by atoms with Crippen LogP contribution in [0.5, 0.6) is 0 Å². The van der Waals surface area contributed by atoms with Crippen LogP contribution >= 0.6 is 11.6 Å². The first-order valence-electron chi connectivity index (χ1n) is 7.29. The number of nitrogens with zero attached hydrogens (tertiary/aromatic N) is 1. The zero-order chi connectivity index (χ0) is 18.4. The molecule has 0 atom stereocenters. The molecular formula is C18H15ClF2N2O2. The number of amides is 2. The zero-order valence-electron chi connectivity index (χ0n) is 13.3. The summed E-state index contributed by atoms with van der Waals surface area (Å²) in [6.45, 7) is -0.176. The van der Waals surface area contributed by atoms with E-state index in [-0.39, 0.29) is 11.6 Å². The number of likely N-dealkylation sites (N-methyl/N-ethyl adjacent to an activating group) is 1. The molecule has 0 aliphatic rings. The van der Waals surface area contributed by atoms with Gasteiger partial charge in [-0.25, -0.2) is 8.78 Å². The Balaban J connectivity index is 1.90. The van der Waals surface area contributed by atoms with Crippen LogP contribution < -0.4 is 5.32 Å². The quantitative estimate of drug-likeness (QED) is 0.822. The van der Waals surface area contributed by atoms with E-state index in [0.29, 0.717) is 11.3 Å². The van der Waals surface area contributed by atoms with E-state index >= 15 is 0 Å². The molecule has 2 aromatic rings. The van der Waals surface area contributed by atoms with Crippen LogP contribution in [0.4, 0.5) is 14.5 Å². The number of hydrogen-bond donors (Lipinski definition) is 1. The van der Waals surface area contributed by atoms with Crippen LogP contribution in [0.3, 0.4) is 0 Å². The average Bonchev–Trinajstić information content (AvgIpc) is 2.57. The number of carbonyl (C=O) groups is 2. The SMILES string of the molecule is CN(CC(=O)Nc1ccc(F)cc1)C(=O)/C=C/c1ccc(F)c(Cl)c1. The van der Waals surface area contributed by atoms with Gasteiger partial charge in [0, 0.05) is 18.8 Å². The zero-order valence-corrected chi connectivity index (χ0v) is 14.1. The predicted molar refractivity (Wildman–Crippen MR) is 93.1 cm³/mol. The normalized spacial score (nSPS) is 10.7. The lowest BCUT2D eigenvalue weighted by molar-refractivity contribution is -0.129. The number of benzene rings is 2. The van der Waals surface area contributed by atoms with E-state index in [4.69, 9.17) is 11.6 Å². The fourth-order valence-corrected chi connectivity index (χ4v) is 2.13. The first kappa shape index (κ1) is 18.6. The summed E-state index contributed by atoms with van der Waals surface area (Å²) in [5.74, 6) is -1.77. The Labute approximate surface area is 148 Å². The Bertz CT molecular complexity index is 807. The maximum absolute atomic E-state index is 13.1. The third-order valence-corrected chi connectivity index (χ3v) is 3.54. The largest absolute Gasteiger partial charge is 0.333 e. The maximum Gasteiger partial charge on any atom is 0.246 e. The fraction of sp³-hybridized carbons (Fsp3) is 0.111. The van der Waals surface area contributed by atoms with Gasteiger partial charge in [-0.1, -0.05) is 17.7 Å². The van der Waals surface area contributed by atoms with E-state index in [9.17, 15) is 18.4 Å². The van der Waals surface area contributed by atoms with Gasteiger partial charge in [-0.15, -0.1) is 0 Å². The Kier molecular flexibility index (Phi) is 6.25. The molecule has 0 bridgehead atoms. The predicted octanol–water partition coefficient (Wildman–Crippen LogP) is 3.73. The van der Waals surface area contributed by atoms with E-state index in [0.717, 1.165) is 0 Å². The number of carbonyl (C=O) groups excluding carboxylic acids is 2. The molecule has 0 aliphatic carbocycles. The smallest absolute Gasteiger partial charge is 0.246 e. The van der Waals surface area contributed by atoms with Crippen molar-refractivity contribution in [3.05, 3.63) is 70.8 Å². The van der Waals surface area contributed by atoms with Crippen molar-refractivity contribution in [2.24, 2.45) is 0 Å². The first-order chi connectivity index (χ1) is 11.8. The molecule has 0 radical (unpaired) electrons. The summed E-state index contributed by atoms with van der Waals surface area (Å²) in [6, 6.07) is 9.36. The summed E-state index contributed by atoms with van der Waals surface area (Å²) < 4.78 is 25.9. The molecule has 1 N–H and O–H groups in total.